The molecule has 6 nitrogen and oxygen atoms in total. The first-order chi connectivity index (χ1) is 11.1. The number of nitrogens with one attached hydrogen (secondary N) is 1. The SMILES string of the molecule is CCC(CC)n1ncc(C(=O)NCCc2cncc(O)c2)c1C. The van der Waals surface area contributed by atoms with Crippen LogP contribution in [-0.2, 0) is 6.42 Å². The van der Waals surface area contributed by atoms with Crippen LogP contribution in [0.2, 0.25) is 0 Å². The Labute approximate surface area is 136 Å². The number of carbonyl (C=O) groups is 1. The van der Waals surface area contributed by atoms with E-state index in [1.807, 2.05) is 11.6 Å². The van der Waals surface area contributed by atoms with Gasteiger partial charge in [0, 0.05) is 18.4 Å². The van der Waals surface area contributed by atoms with Crippen molar-refractivity contribution in [1.29, 1.82) is 0 Å². The van der Waals surface area contributed by atoms with E-state index in [-0.39, 0.29) is 11.7 Å². The molecule has 0 spiro atoms. The highest BCUT2D eigenvalue weighted by Gasteiger charge is 2.17. The summed E-state index contributed by atoms with van der Waals surface area (Å²) in [7, 11) is 0. The zero-order valence-electron chi connectivity index (χ0n) is 13.9. The van der Waals surface area contributed by atoms with Gasteiger partial charge in [-0.3, -0.25) is 14.5 Å². The second kappa shape index (κ2) is 7.76. The smallest absolute Gasteiger partial charge is 0.254 e. The van der Waals surface area contributed by atoms with Gasteiger partial charge in [0.1, 0.15) is 5.75 Å². The predicted molar refractivity (Wildman–Crippen MR) is 88.5 cm³/mol. The van der Waals surface area contributed by atoms with Crippen molar-refractivity contribution in [2.45, 2.75) is 46.1 Å². The van der Waals surface area contributed by atoms with E-state index in [4.69, 9.17) is 0 Å². The largest absolute Gasteiger partial charge is 0.506 e. The van der Waals surface area contributed by atoms with E-state index in [2.05, 4.69) is 29.2 Å². The van der Waals surface area contributed by atoms with Crippen molar-refractivity contribution >= 4 is 5.91 Å². The average molecular weight is 316 g/mol. The van der Waals surface area contributed by atoms with Gasteiger partial charge >= 0.3 is 0 Å². The molecule has 0 bridgehead atoms. The van der Waals surface area contributed by atoms with Crippen LogP contribution in [0, 0.1) is 6.92 Å². The Morgan fingerprint density at radius 1 is 1.30 bits per heavy atom. The number of aromatic nitrogens is 3. The predicted octanol–water partition coefficient (Wildman–Crippen LogP) is 2.63. The monoisotopic (exact) mass is 316 g/mol. The van der Waals surface area contributed by atoms with E-state index in [1.165, 1.54) is 6.20 Å². The fourth-order valence-corrected chi connectivity index (χ4v) is 2.68. The molecule has 2 aromatic heterocycles. The zero-order chi connectivity index (χ0) is 16.8. The number of hydrogen-bond donors (Lipinski definition) is 2. The van der Waals surface area contributed by atoms with E-state index in [9.17, 15) is 9.90 Å². The Bertz CT molecular complexity index is 662. The summed E-state index contributed by atoms with van der Waals surface area (Å²) in [4.78, 5) is 16.2. The number of amides is 1. The molecule has 2 heterocycles. The Kier molecular flexibility index (Phi) is 5.73. The number of pyridine rings is 1. The Morgan fingerprint density at radius 2 is 2.04 bits per heavy atom. The third-order valence-electron chi connectivity index (χ3n) is 4.06. The molecule has 0 atom stereocenters. The first-order valence-electron chi connectivity index (χ1n) is 8.02. The number of nitrogens with zero attached hydrogens (tertiary/aromatic N) is 3. The van der Waals surface area contributed by atoms with E-state index in [0.29, 0.717) is 24.6 Å². The summed E-state index contributed by atoms with van der Waals surface area (Å²) in [5.41, 5.74) is 2.40. The molecule has 23 heavy (non-hydrogen) atoms. The van der Waals surface area contributed by atoms with Crippen LogP contribution in [0.25, 0.3) is 0 Å². The fraction of sp³-hybridized carbons (Fsp3) is 0.471. The number of aromatic hydroxyl groups is 1. The third-order valence-corrected chi connectivity index (χ3v) is 4.06. The summed E-state index contributed by atoms with van der Waals surface area (Å²) >= 11 is 0. The topological polar surface area (TPSA) is 80.0 Å². The summed E-state index contributed by atoms with van der Waals surface area (Å²) in [6, 6.07) is 1.98. The Hall–Kier alpha value is -2.37. The van der Waals surface area contributed by atoms with Gasteiger partial charge in [0.15, 0.2) is 0 Å². The first-order valence-corrected chi connectivity index (χ1v) is 8.02. The zero-order valence-corrected chi connectivity index (χ0v) is 13.9. The highest BCUT2D eigenvalue weighted by Crippen LogP contribution is 2.19. The molecule has 1 amide bonds. The highest BCUT2D eigenvalue weighted by molar-refractivity contribution is 5.95. The molecule has 0 saturated carbocycles. The van der Waals surface area contributed by atoms with Crippen LogP contribution in [-0.4, -0.2) is 32.3 Å². The standard InChI is InChI=1S/C17H24N4O2/c1-4-14(5-2)21-12(3)16(11-20-21)17(23)19-7-6-13-8-15(22)10-18-9-13/h8-11,14,22H,4-7H2,1-3H3,(H,19,23). The minimum absolute atomic E-state index is 0.118. The molecule has 0 fully saturated rings. The maximum Gasteiger partial charge on any atom is 0.254 e. The van der Waals surface area contributed by atoms with E-state index < -0.39 is 0 Å². The molecule has 0 aliphatic rings. The second-order valence-electron chi connectivity index (χ2n) is 5.62. The van der Waals surface area contributed by atoms with Gasteiger partial charge < -0.3 is 10.4 Å². The summed E-state index contributed by atoms with van der Waals surface area (Å²) in [5, 5.41) is 16.6. The molecule has 0 aromatic carbocycles. The van der Waals surface area contributed by atoms with Crippen LogP contribution < -0.4 is 5.32 Å². The summed E-state index contributed by atoms with van der Waals surface area (Å²) < 4.78 is 1.94. The fourth-order valence-electron chi connectivity index (χ4n) is 2.68. The molecule has 124 valence electrons. The number of carbonyl (C=O) groups excluding carboxylic acids is 1. The Morgan fingerprint density at radius 3 is 2.70 bits per heavy atom. The lowest BCUT2D eigenvalue weighted by molar-refractivity contribution is 0.0953. The average Bonchev–Trinajstić information content (AvgIpc) is 2.91. The maximum absolute atomic E-state index is 12.3. The van der Waals surface area contributed by atoms with Crippen LogP contribution in [0.15, 0.2) is 24.7 Å². The molecule has 2 rings (SSSR count). The molecule has 0 unspecified atom stereocenters. The van der Waals surface area contributed by atoms with Gasteiger partial charge in [-0.25, -0.2) is 0 Å². The van der Waals surface area contributed by atoms with Crippen molar-refractivity contribution in [2.75, 3.05) is 6.54 Å². The normalized spacial score (nSPS) is 11.0. The van der Waals surface area contributed by atoms with Gasteiger partial charge in [0.2, 0.25) is 0 Å². The highest BCUT2D eigenvalue weighted by atomic mass is 16.3. The summed E-state index contributed by atoms with van der Waals surface area (Å²) in [6.45, 7) is 6.66. The Balaban J connectivity index is 1.96. The van der Waals surface area contributed by atoms with Gasteiger partial charge in [-0.15, -0.1) is 0 Å². The molecule has 0 aliphatic carbocycles. The van der Waals surface area contributed by atoms with Gasteiger partial charge in [-0.05, 0) is 37.8 Å². The van der Waals surface area contributed by atoms with Crippen LogP contribution in [0.3, 0.4) is 0 Å². The van der Waals surface area contributed by atoms with E-state index in [0.717, 1.165) is 24.1 Å². The number of hydrogen-bond acceptors (Lipinski definition) is 4. The van der Waals surface area contributed by atoms with Crippen molar-refractivity contribution in [3.05, 3.63) is 41.5 Å². The molecular weight excluding hydrogens is 292 g/mol. The van der Waals surface area contributed by atoms with Crippen LogP contribution in [0.4, 0.5) is 0 Å². The molecule has 2 aromatic rings. The molecule has 0 saturated heterocycles. The minimum Gasteiger partial charge on any atom is -0.506 e. The van der Waals surface area contributed by atoms with Crippen LogP contribution in [0.5, 0.6) is 5.75 Å². The van der Waals surface area contributed by atoms with Gasteiger partial charge in [-0.1, -0.05) is 13.8 Å². The van der Waals surface area contributed by atoms with Gasteiger partial charge in [0.05, 0.1) is 24.0 Å². The molecular formula is C17H24N4O2. The maximum atomic E-state index is 12.3. The van der Waals surface area contributed by atoms with Crippen LogP contribution in [0.1, 0.15) is 54.3 Å². The molecule has 0 radical (unpaired) electrons. The third kappa shape index (κ3) is 4.09. The van der Waals surface area contributed by atoms with Crippen molar-refractivity contribution in [3.8, 4) is 5.75 Å². The summed E-state index contributed by atoms with van der Waals surface area (Å²) in [6.07, 6.45) is 7.31. The number of rotatable bonds is 7. The van der Waals surface area contributed by atoms with Crippen molar-refractivity contribution < 1.29 is 9.90 Å². The molecule has 0 aliphatic heterocycles. The second-order valence-corrected chi connectivity index (χ2v) is 5.62. The van der Waals surface area contributed by atoms with Crippen molar-refractivity contribution in [3.63, 3.8) is 0 Å². The van der Waals surface area contributed by atoms with E-state index >= 15 is 0 Å². The first kappa shape index (κ1) is 17.0. The quantitative estimate of drug-likeness (QED) is 0.823. The van der Waals surface area contributed by atoms with Crippen molar-refractivity contribution in [2.24, 2.45) is 0 Å². The minimum atomic E-state index is -0.118. The molecule has 6 heteroatoms. The van der Waals surface area contributed by atoms with Gasteiger partial charge in [0.25, 0.3) is 5.91 Å². The molecule has 2 N–H and O–H groups in total. The lowest BCUT2D eigenvalue weighted by atomic mass is 10.1. The van der Waals surface area contributed by atoms with Crippen molar-refractivity contribution in [1.82, 2.24) is 20.1 Å². The van der Waals surface area contributed by atoms with E-state index in [1.54, 1.807) is 18.5 Å². The lowest BCUT2D eigenvalue weighted by Gasteiger charge is -2.15. The van der Waals surface area contributed by atoms with Crippen LogP contribution >= 0.6 is 0 Å². The summed E-state index contributed by atoms with van der Waals surface area (Å²) in [5.74, 6) is 0.0175. The van der Waals surface area contributed by atoms with Gasteiger partial charge in [-0.2, -0.15) is 5.10 Å². The lowest BCUT2D eigenvalue weighted by Crippen LogP contribution is -2.26.